The van der Waals surface area contributed by atoms with Crippen molar-refractivity contribution in [3.63, 3.8) is 0 Å². The largest absolute Gasteiger partial charge is 0.467 e. The van der Waals surface area contributed by atoms with Crippen LogP contribution in [-0.2, 0) is 47.9 Å². The molecule has 2 unspecified atom stereocenters. The van der Waals surface area contributed by atoms with Crippen molar-refractivity contribution >= 4 is 34.8 Å². The van der Waals surface area contributed by atoms with Crippen molar-refractivity contribution in [1.82, 2.24) is 20.5 Å². The minimum Gasteiger partial charge on any atom is -0.467 e. The molecule has 3 amide bonds. The predicted molar refractivity (Wildman–Crippen MR) is 183 cm³/mol. The molecule has 1 saturated heterocycles. The normalized spacial score (nSPS) is 17.2. The summed E-state index contributed by atoms with van der Waals surface area (Å²) >= 11 is 0. The second-order valence-electron chi connectivity index (χ2n) is 12.9. The maximum Gasteiger partial charge on any atom is 0.408 e. The van der Waals surface area contributed by atoms with Crippen molar-refractivity contribution in [2.24, 2.45) is 0 Å². The van der Waals surface area contributed by atoms with Crippen LogP contribution in [0.4, 0.5) is 9.18 Å². The molecule has 49 heavy (non-hydrogen) atoms. The summed E-state index contributed by atoms with van der Waals surface area (Å²) in [5, 5.41) is 6.05. The molecule has 0 aliphatic carbocycles. The third-order valence-electron chi connectivity index (χ3n) is 8.08. The minimum absolute atomic E-state index is 0.0510. The number of hydrogen-bond donors (Lipinski definition) is 3. The highest BCUT2D eigenvalue weighted by Crippen LogP contribution is 2.26. The van der Waals surface area contributed by atoms with Gasteiger partial charge in [0.1, 0.15) is 23.5 Å². The van der Waals surface area contributed by atoms with E-state index in [0.29, 0.717) is 29.3 Å². The van der Waals surface area contributed by atoms with Crippen LogP contribution in [0.5, 0.6) is 0 Å². The number of rotatable bonds is 14. The maximum absolute atomic E-state index is 14.4. The van der Waals surface area contributed by atoms with E-state index in [-0.39, 0.29) is 26.0 Å². The smallest absolute Gasteiger partial charge is 0.408 e. The van der Waals surface area contributed by atoms with Gasteiger partial charge in [-0.15, -0.1) is 13.2 Å². The van der Waals surface area contributed by atoms with Crippen molar-refractivity contribution < 1.29 is 37.8 Å². The highest BCUT2D eigenvalue weighted by molar-refractivity contribution is 5.94. The van der Waals surface area contributed by atoms with Gasteiger partial charge in [0.2, 0.25) is 11.8 Å². The number of aromatic nitrogens is 1. The SMILES string of the molecule is C=CCOC1CCN(C(=O)[C@H](Cc2c[nH]c3ccc(F)cc23)NC(=O)[C@H](Cc2cccc(CC=C)c2)NC(=O)OC(C)(C)C)C1C(=O)OC. The van der Waals surface area contributed by atoms with Gasteiger partial charge in [-0.25, -0.2) is 14.0 Å². The first kappa shape index (κ1) is 36.9. The number of hydrogen-bond acceptors (Lipinski definition) is 7. The van der Waals surface area contributed by atoms with Gasteiger partial charge in [-0.1, -0.05) is 36.4 Å². The van der Waals surface area contributed by atoms with Crippen molar-refractivity contribution in [1.29, 1.82) is 0 Å². The van der Waals surface area contributed by atoms with E-state index in [1.807, 2.05) is 24.3 Å². The Balaban J connectivity index is 1.69. The van der Waals surface area contributed by atoms with Crippen molar-refractivity contribution in [3.8, 4) is 0 Å². The van der Waals surface area contributed by atoms with Gasteiger partial charge in [0.25, 0.3) is 0 Å². The van der Waals surface area contributed by atoms with Gasteiger partial charge < -0.3 is 34.7 Å². The Morgan fingerprint density at radius 1 is 1.04 bits per heavy atom. The van der Waals surface area contributed by atoms with Gasteiger partial charge in [0, 0.05) is 36.5 Å². The summed E-state index contributed by atoms with van der Waals surface area (Å²) in [5.41, 5.74) is 2.11. The summed E-state index contributed by atoms with van der Waals surface area (Å²) in [6.45, 7) is 12.9. The number of alkyl carbamates (subject to hydrolysis) is 1. The number of esters is 1. The number of amides is 3. The van der Waals surface area contributed by atoms with Gasteiger partial charge in [-0.2, -0.15) is 0 Å². The van der Waals surface area contributed by atoms with Gasteiger partial charge in [0.05, 0.1) is 19.8 Å². The Morgan fingerprint density at radius 2 is 1.80 bits per heavy atom. The van der Waals surface area contributed by atoms with Crippen LogP contribution in [0.2, 0.25) is 0 Å². The number of likely N-dealkylation sites (tertiary alicyclic amines) is 1. The average molecular weight is 677 g/mol. The quantitative estimate of drug-likeness (QED) is 0.168. The van der Waals surface area contributed by atoms with Crippen LogP contribution in [0.25, 0.3) is 10.9 Å². The highest BCUT2D eigenvalue weighted by Gasteiger charge is 2.45. The zero-order valence-corrected chi connectivity index (χ0v) is 28.4. The summed E-state index contributed by atoms with van der Waals surface area (Å²) in [5.74, 6) is -2.35. The van der Waals surface area contributed by atoms with Gasteiger partial charge in [-0.3, -0.25) is 9.59 Å². The van der Waals surface area contributed by atoms with Crippen LogP contribution in [-0.4, -0.2) is 83.9 Å². The summed E-state index contributed by atoms with van der Waals surface area (Å²) in [6, 6.07) is 8.33. The van der Waals surface area contributed by atoms with Crippen LogP contribution >= 0.6 is 0 Å². The second-order valence-corrected chi connectivity index (χ2v) is 12.9. The molecule has 12 heteroatoms. The Labute approximate surface area is 285 Å². The first-order valence-corrected chi connectivity index (χ1v) is 16.2. The molecule has 2 aromatic carbocycles. The number of H-pyrrole nitrogens is 1. The summed E-state index contributed by atoms with van der Waals surface area (Å²) < 4.78 is 30.6. The zero-order chi connectivity index (χ0) is 35.7. The third kappa shape index (κ3) is 9.79. The van der Waals surface area contributed by atoms with Crippen molar-refractivity contribution in [2.75, 3.05) is 20.3 Å². The molecule has 1 aliphatic heterocycles. The molecule has 3 aromatic rings. The van der Waals surface area contributed by atoms with E-state index in [1.54, 1.807) is 45.2 Å². The predicted octanol–water partition coefficient (Wildman–Crippen LogP) is 4.54. The topological polar surface area (TPSA) is 139 Å². The number of carbonyl (C=O) groups is 4. The lowest BCUT2D eigenvalue weighted by atomic mass is 10.00. The molecule has 0 radical (unpaired) electrons. The highest BCUT2D eigenvalue weighted by atomic mass is 19.1. The Kier molecular flexibility index (Phi) is 12.4. The first-order valence-electron chi connectivity index (χ1n) is 16.2. The standard InChI is InChI=1S/C37H45FN4O7/c1-7-10-23-11-9-12-24(18-23)19-29(41-36(46)49-37(3,4)5)33(43)40-30(20-25-22-39-28-14-13-26(38)21-27(25)28)34(44)42-16-15-31(48-17-8-2)32(42)35(45)47-6/h7-9,11-14,18,21-22,29-32,39H,1-2,10,15-17,19-20H2,3-6H3,(H,40,43)(H,41,46)/t29-,30-,31?,32?/m0/s1. The average Bonchev–Trinajstić information content (AvgIpc) is 3.65. The molecular weight excluding hydrogens is 631 g/mol. The first-order chi connectivity index (χ1) is 23.3. The Hall–Kier alpha value is -4.97. The number of nitrogens with one attached hydrogen (secondary N) is 3. The molecule has 3 N–H and O–H groups in total. The van der Waals surface area contributed by atoms with Gasteiger partial charge >= 0.3 is 12.1 Å². The zero-order valence-electron chi connectivity index (χ0n) is 28.4. The second kappa shape index (κ2) is 16.4. The molecule has 11 nitrogen and oxygen atoms in total. The van der Waals surface area contributed by atoms with E-state index in [9.17, 15) is 23.6 Å². The number of aromatic amines is 1. The maximum atomic E-state index is 14.4. The van der Waals surface area contributed by atoms with Gasteiger partial charge in [-0.05, 0) is 68.5 Å². The lowest BCUT2D eigenvalue weighted by molar-refractivity contribution is -0.155. The summed E-state index contributed by atoms with van der Waals surface area (Å²) in [6.07, 6.45) is 4.49. The molecule has 1 aliphatic rings. The number of ether oxygens (including phenoxy) is 3. The number of allylic oxidation sites excluding steroid dienone is 1. The summed E-state index contributed by atoms with van der Waals surface area (Å²) in [4.78, 5) is 58.9. The molecule has 1 fully saturated rings. The lowest BCUT2D eigenvalue weighted by Gasteiger charge is -2.30. The van der Waals surface area contributed by atoms with E-state index < -0.39 is 59.5 Å². The van der Waals surface area contributed by atoms with Crippen LogP contribution < -0.4 is 10.6 Å². The molecule has 0 spiro atoms. The molecule has 0 bridgehead atoms. The molecule has 2 heterocycles. The van der Waals surface area contributed by atoms with Crippen LogP contribution in [0, 0.1) is 5.82 Å². The molecular formula is C37H45FN4O7. The fourth-order valence-corrected chi connectivity index (χ4v) is 5.93. The lowest BCUT2D eigenvalue weighted by Crippen LogP contribution is -2.58. The monoisotopic (exact) mass is 676 g/mol. The van der Waals surface area contributed by atoms with E-state index in [4.69, 9.17) is 14.2 Å². The Bertz CT molecular complexity index is 1680. The third-order valence-corrected chi connectivity index (χ3v) is 8.08. The van der Waals surface area contributed by atoms with Crippen LogP contribution in [0.1, 0.15) is 43.9 Å². The van der Waals surface area contributed by atoms with E-state index >= 15 is 0 Å². The fraction of sp³-hybridized carbons (Fsp3) is 0.405. The number of carbonyl (C=O) groups excluding carboxylic acids is 4. The molecule has 4 atom stereocenters. The number of methoxy groups -OCH3 is 1. The molecule has 1 aromatic heterocycles. The number of halogens is 1. The van der Waals surface area contributed by atoms with Crippen molar-refractivity contribution in [3.05, 3.63) is 96.5 Å². The fourth-order valence-electron chi connectivity index (χ4n) is 5.93. The number of benzene rings is 2. The van der Waals surface area contributed by atoms with Crippen molar-refractivity contribution in [2.45, 2.75) is 76.3 Å². The summed E-state index contributed by atoms with van der Waals surface area (Å²) in [7, 11) is 1.23. The van der Waals surface area contributed by atoms with Crippen LogP contribution in [0.3, 0.4) is 0 Å². The van der Waals surface area contributed by atoms with E-state index in [0.717, 1.165) is 11.1 Å². The minimum atomic E-state index is -1.23. The van der Waals surface area contributed by atoms with Crippen LogP contribution in [0.15, 0.2) is 74.0 Å². The molecule has 0 saturated carbocycles. The molecule has 4 rings (SSSR count). The number of fused-ring (bicyclic) bond motifs is 1. The molecule has 262 valence electrons. The van der Waals surface area contributed by atoms with Gasteiger partial charge in [0.15, 0.2) is 6.04 Å². The van der Waals surface area contributed by atoms with E-state index in [2.05, 4.69) is 28.8 Å². The van der Waals surface area contributed by atoms with E-state index in [1.165, 1.54) is 24.1 Å². The number of nitrogens with zero attached hydrogens (tertiary/aromatic N) is 1. The Morgan fingerprint density at radius 3 is 2.49 bits per heavy atom.